The molecule has 0 amide bonds. The molecule has 7 heteroatoms. The van der Waals surface area contributed by atoms with E-state index >= 15 is 0 Å². The van der Waals surface area contributed by atoms with Gasteiger partial charge in [-0.2, -0.15) is 13.2 Å². The average molecular weight is 364 g/mol. The van der Waals surface area contributed by atoms with Crippen molar-refractivity contribution in [3.8, 4) is 5.75 Å². The van der Waals surface area contributed by atoms with Gasteiger partial charge >= 0.3 is 6.18 Å². The third-order valence-corrected chi connectivity index (χ3v) is 5.13. The van der Waals surface area contributed by atoms with Crippen molar-refractivity contribution in [1.82, 2.24) is 5.32 Å². The quantitative estimate of drug-likeness (QED) is 0.872. The molecule has 1 N–H and O–H groups in total. The van der Waals surface area contributed by atoms with Crippen molar-refractivity contribution in [2.24, 2.45) is 11.8 Å². The second-order valence-corrected chi connectivity index (χ2v) is 6.80. The van der Waals surface area contributed by atoms with Crippen LogP contribution in [0, 0.1) is 11.8 Å². The lowest BCUT2D eigenvalue weighted by Crippen LogP contribution is -2.39. The SMILES string of the molecule is FC(F)(F)c1c(Cl)cccc1OC(C1CCOCC1)[C@@H]1CCNC1. The minimum absolute atomic E-state index is 0.168. The van der Waals surface area contributed by atoms with Crippen LogP contribution < -0.4 is 10.1 Å². The fourth-order valence-corrected chi connectivity index (χ4v) is 3.88. The molecule has 0 aliphatic carbocycles. The summed E-state index contributed by atoms with van der Waals surface area (Å²) in [5.74, 6) is 0.232. The lowest BCUT2D eigenvalue weighted by molar-refractivity contribution is -0.139. The zero-order valence-electron chi connectivity index (χ0n) is 13.2. The summed E-state index contributed by atoms with van der Waals surface area (Å²) in [4.78, 5) is 0. The van der Waals surface area contributed by atoms with Crippen molar-refractivity contribution in [3.63, 3.8) is 0 Å². The summed E-state index contributed by atoms with van der Waals surface area (Å²) >= 11 is 5.81. The van der Waals surface area contributed by atoms with Crippen molar-refractivity contribution < 1.29 is 22.6 Å². The highest BCUT2D eigenvalue weighted by atomic mass is 35.5. The summed E-state index contributed by atoms with van der Waals surface area (Å²) in [6.07, 6.45) is -2.28. The van der Waals surface area contributed by atoms with Crippen molar-refractivity contribution in [2.45, 2.75) is 31.5 Å². The predicted octanol–water partition coefficient (Wildman–Crippen LogP) is 4.14. The lowest BCUT2D eigenvalue weighted by Gasteiger charge is -2.35. The van der Waals surface area contributed by atoms with Gasteiger partial charge in [-0.3, -0.25) is 0 Å². The largest absolute Gasteiger partial charge is 0.489 e. The Hall–Kier alpha value is -0.980. The Kier molecular flexibility index (Phi) is 5.57. The Morgan fingerprint density at radius 3 is 2.54 bits per heavy atom. The maximum absolute atomic E-state index is 13.4. The summed E-state index contributed by atoms with van der Waals surface area (Å²) in [5, 5.41) is 2.95. The highest BCUT2D eigenvalue weighted by molar-refractivity contribution is 6.31. The van der Waals surface area contributed by atoms with Gasteiger partial charge in [0, 0.05) is 31.6 Å². The van der Waals surface area contributed by atoms with Crippen molar-refractivity contribution in [3.05, 3.63) is 28.8 Å². The molecule has 2 aliphatic rings. The van der Waals surface area contributed by atoms with Gasteiger partial charge in [-0.05, 0) is 37.9 Å². The van der Waals surface area contributed by atoms with Crippen LogP contribution in [0.15, 0.2) is 18.2 Å². The molecule has 1 aromatic carbocycles. The molecule has 0 spiro atoms. The van der Waals surface area contributed by atoms with E-state index in [4.69, 9.17) is 21.1 Å². The van der Waals surface area contributed by atoms with Gasteiger partial charge in [0.2, 0.25) is 0 Å². The second kappa shape index (κ2) is 7.50. The Morgan fingerprint density at radius 2 is 1.92 bits per heavy atom. The monoisotopic (exact) mass is 363 g/mol. The van der Waals surface area contributed by atoms with Crippen LogP contribution in [0.3, 0.4) is 0 Å². The predicted molar refractivity (Wildman–Crippen MR) is 85.4 cm³/mol. The van der Waals surface area contributed by atoms with Crippen molar-refractivity contribution in [1.29, 1.82) is 0 Å². The molecule has 0 radical (unpaired) electrons. The van der Waals surface area contributed by atoms with E-state index in [0.717, 1.165) is 32.4 Å². The Labute approximate surface area is 144 Å². The molecule has 24 heavy (non-hydrogen) atoms. The first kappa shape index (κ1) is 17.8. The number of ether oxygens (including phenoxy) is 2. The van der Waals surface area contributed by atoms with Crippen LogP contribution in [0.25, 0.3) is 0 Å². The molecule has 0 saturated carbocycles. The molecule has 134 valence electrons. The van der Waals surface area contributed by atoms with Crippen LogP contribution >= 0.6 is 11.6 Å². The minimum Gasteiger partial charge on any atom is -0.489 e. The number of alkyl halides is 3. The lowest BCUT2D eigenvalue weighted by atomic mass is 9.85. The molecule has 2 saturated heterocycles. The van der Waals surface area contributed by atoms with Gasteiger partial charge in [0.1, 0.15) is 17.4 Å². The van der Waals surface area contributed by atoms with Gasteiger partial charge in [-0.1, -0.05) is 17.7 Å². The van der Waals surface area contributed by atoms with Gasteiger partial charge in [0.25, 0.3) is 0 Å². The van der Waals surface area contributed by atoms with Crippen molar-refractivity contribution in [2.75, 3.05) is 26.3 Å². The molecular weight excluding hydrogens is 343 g/mol. The fraction of sp³-hybridized carbons (Fsp3) is 0.647. The Morgan fingerprint density at radius 1 is 1.17 bits per heavy atom. The van der Waals surface area contributed by atoms with Crippen LogP contribution in [-0.4, -0.2) is 32.4 Å². The maximum atomic E-state index is 13.4. The van der Waals surface area contributed by atoms with Crippen LogP contribution in [0.1, 0.15) is 24.8 Å². The van der Waals surface area contributed by atoms with E-state index in [2.05, 4.69) is 5.32 Å². The fourth-order valence-electron chi connectivity index (χ4n) is 3.60. The Bertz CT molecular complexity index is 555. The molecular formula is C17H21ClF3NO2. The number of rotatable bonds is 4. The molecule has 2 atom stereocenters. The molecule has 0 bridgehead atoms. The summed E-state index contributed by atoms with van der Waals surface area (Å²) < 4.78 is 51.5. The van der Waals surface area contributed by atoms with Gasteiger partial charge in [-0.15, -0.1) is 0 Å². The van der Waals surface area contributed by atoms with Crippen molar-refractivity contribution >= 4 is 11.6 Å². The van der Waals surface area contributed by atoms with E-state index in [9.17, 15) is 13.2 Å². The number of nitrogens with one attached hydrogen (secondary N) is 1. The molecule has 3 nitrogen and oxygen atoms in total. The normalized spacial score (nSPS) is 24.1. The van der Waals surface area contributed by atoms with Crippen LogP contribution in [0.4, 0.5) is 13.2 Å². The van der Waals surface area contributed by atoms with E-state index in [1.807, 2.05) is 0 Å². The number of hydrogen-bond donors (Lipinski definition) is 1. The zero-order chi connectivity index (χ0) is 17.2. The summed E-state index contributed by atoms with van der Waals surface area (Å²) in [7, 11) is 0. The van der Waals surface area contributed by atoms with Gasteiger partial charge < -0.3 is 14.8 Å². The highest BCUT2D eigenvalue weighted by Gasteiger charge is 2.40. The smallest absolute Gasteiger partial charge is 0.421 e. The zero-order valence-corrected chi connectivity index (χ0v) is 14.0. The summed E-state index contributed by atoms with van der Waals surface area (Å²) in [6.45, 7) is 2.90. The second-order valence-electron chi connectivity index (χ2n) is 6.40. The van der Waals surface area contributed by atoms with Crippen LogP contribution in [0.5, 0.6) is 5.75 Å². The van der Waals surface area contributed by atoms with E-state index in [-0.39, 0.29) is 28.7 Å². The first-order valence-corrected chi connectivity index (χ1v) is 8.65. The first-order valence-electron chi connectivity index (χ1n) is 8.27. The molecule has 2 fully saturated rings. The van der Waals surface area contributed by atoms with Gasteiger partial charge in [0.15, 0.2) is 0 Å². The third-order valence-electron chi connectivity index (χ3n) is 4.82. The first-order chi connectivity index (χ1) is 11.5. The summed E-state index contributed by atoms with van der Waals surface area (Å²) in [5.41, 5.74) is -0.880. The number of hydrogen-bond acceptors (Lipinski definition) is 3. The molecule has 3 rings (SSSR count). The molecule has 2 heterocycles. The van der Waals surface area contributed by atoms with Crippen LogP contribution in [-0.2, 0) is 10.9 Å². The molecule has 2 aliphatic heterocycles. The standard InChI is InChI=1S/C17H21ClF3NO2/c18-13-2-1-3-14(15(13)17(19,20)21)24-16(12-4-7-22-10-12)11-5-8-23-9-6-11/h1-3,11-12,16,22H,4-10H2/t12-,16?/m1/s1. The molecule has 0 aromatic heterocycles. The number of halogens is 4. The topological polar surface area (TPSA) is 30.5 Å². The highest BCUT2D eigenvalue weighted by Crippen LogP contribution is 2.42. The van der Waals surface area contributed by atoms with E-state index in [1.165, 1.54) is 18.2 Å². The van der Waals surface area contributed by atoms with E-state index in [0.29, 0.717) is 13.2 Å². The Balaban J connectivity index is 1.88. The third kappa shape index (κ3) is 3.98. The number of benzene rings is 1. The van der Waals surface area contributed by atoms with Gasteiger partial charge in [-0.25, -0.2) is 0 Å². The molecule has 1 aromatic rings. The van der Waals surface area contributed by atoms with Gasteiger partial charge in [0.05, 0.1) is 5.02 Å². The van der Waals surface area contributed by atoms with Crippen LogP contribution in [0.2, 0.25) is 5.02 Å². The minimum atomic E-state index is -4.54. The van der Waals surface area contributed by atoms with E-state index in [1.54, 1.807) is 0 Å². The maximum Gasteiger partial charge on any atom is 0.421 e. The average Bonchev–Trinajstić information content (AvgIpc) is 3.06. The molecule has 1 unspecified atom stereocenters. The van der Waals surface area contributed by atoms with E-state index < -0.39 is 11.7 Å². The summed E-state index contributed by atoms with van der Waals surface area (Å²) in [6, 6.07) is 4.11.